The minimum atomic E-state index is 0.00745. The summed E-state index contributed by atoms with van der Waals surface area (Å²) in [5, 5.41) is 0.623. The Morgan fingerprint density at radius 1 is 1.30 bits per heavy atom. The Labute approximate surface area is 135 Å². The highest BCUT2D eigenvalue weighted by molar-refractivity contribution is 5.76. The van der Waals surface area contributed by atoms with Crippen LogP contribution in [0.15, 0.2) is 39.5 Å². The zero-order chi connectivity index (χ0) is 16.4. The average Bonchev–Trinajstić information content (AvgIpc) is 2.55. The summed E-state index contributed by atoms with van der Waals surface area (Å²) in [5.41, 5.74) is 0.647. The molecule has 0 aliphatic carbocycles. The minimum absolute atomic E-state index is 0.00745. The molecule has 1 aliphatic heterocycles. The first-order chi connectivity index (χ1) is 11.0. The van der Waals surface area contributed by atoms with Gasteiger partial charge in [-0.15, -0.1) is 0 Å². The smallest absolute Gasteiger partial charge is 0.219 e. The molecule has 1 amide bonds. The summed E-state index contributed by atoms with van der Waals surface area (Å²) in [6, 6.07) is 9.23. The Kier molecular flexibility index (Phi) is 4.48. The second-order valence-corrected chi connectivity index (χ2v) is 6.21. The number of rotatable bonds is 3. The molecule has 0 atom stereocenters. The zero-order valence-corrected chi connectivity index (χ0v) is 13.6. The lowest BCUT2D eigenvalue weighted by atomic mass is 10.0. The van der Waals surface area contributed by atoms with Gasteiger partial charge in [0.15, 0.2) is 5.43 Å². The maximum absolute atomic E-state index is 12.1. The van der Waals surface area contributed by atoms with Gasteiger partial charge in [-0.1, -0.05) is 12.1 Å². The molecular formula is C18H22N2O3. The van der Waals surface area contributed by atoms with Crippen LogP contribution in [0, 0.1) is 0 Å². The summed E-state index contributed by atoms with van der Waals surface area (Å²) < 4.78 is 5.85. The highest BCUT2D eigenvalue weighted by Crippen LogP contribution is 2.19. The number of hydrogen-bond acceptors (Lipinski definition) is 4. The first-order valence-corrected chi connectivity index (χ1v) is 8.02. The molecule has 3 rings (SSSR count). The van der Waals surface area contributed by atoms with Gasteiger partial charge in [0, 0.05) is 39.2 Å². The van der Waals surface area contributed by atoms with Crippen LogP contribution in [-0.2, 0) is 11.3 Å². The predicted molar refractivity (Wildman–Crippen MR) is 89.2 cm³/mol. The van der Waals surface area contributed by atoms with Crippen molar-refractivity contribution in [2.45, 2.75) is 32.4 Å². The number of carbonyl (C=O) groups is 1. The molecule has 5 heteroatoms. The molecule has 0 radical (unpaired) electrons. The van der Waals surface area contributed by atoms with E-state index in [1.807, 2.05) is 30.1 Å². The third kappa shape index (κ3) is 3.45. The number of fused-ring (bicyclic) bond motifs is 1. The van der Waals surface area contributed by atoms with E-state index in [9.17, 15) is 9.59 Å². The van der Waals surface area contributed by atoms with Gasteiger partial charge in [-0.3, -0.25) is 14.5 Å². The maximum atomic E-state index is 12.1. The maximum Gasteiger partial charge on any atom is 0.219 e. The summed E-state index contributed by atoms with van der Waals surface area (Å²) in [5.74, 6) is 0.816. The molecule has 0 spiro atoms. The molecule has 0 N–H and O–H groups in total. The van der Waals surface area contributed by atoms with E-state index in [2.05, 4.69) is 4.90 Å². The van der Waals surface area contributed by atoms with Gasteiger partial charge in [0.25, 0.3) is 0 Å². The molecule has 0 unspecified atom stereocenters. The van der Waals surface area contributed by atoms with Crippen molar-refractivity contribution in [3.05, 3.63) is 46.3 Å². The van der Waals surface area contributed by atoms with Crippen molar-refractivity contribution >= 4 is 16.9 Å². The van der Waals surface area contributed by atoms with Gasteiger partial charge in [0.2, 0.25) is 5.91 Å². The molecule has 2 aromatic rings. The summed E-state index contributed by atoms with van der Waals surface area (Å²) in [6.07, 6.45) is 1.90. The second kappa shape index (κ2) is 6.54. The van der Waals surface area contributed by atoms with Crippen LogP contribution in [0.25, 0.3) is 11.0 Å². The van der Waals surface area contributed by atoms with E-state index >= 15 is 0 Å². The van der Waals surface area contributed by atoms with E-state index < -0.39 is 0 Å². The van der Waals surface area contributed by atoms with Crippen LogP contribution < -0.4 is 5.43 Å². The molecule has 1 aromatic heterocycles. The number of nitrogens with zero attached hydrogens (tertiary/aromatic N) is 2. The molecule has 1 saturated heterocycles. The molecule has 122 valence electrons. The molecule has 0 saturated carbocycles. The number of piperidine rings is 1. The predicted octanol–water partition coefficient (Wildman–Crippen LogP) is 2.24. The van der Waals surface area contributed by atoms with E-state index in [4.69, 9.17) is 4.42 Å². The van der Waals surface area contributed by atoms with E-state index in [0.717, 1.165) is 25.9 Å². The first kappa shape index (κ1) is 15.7. The van der Waals surface area contributed by atoms with Crippen LogP contribution >= 0.6 is 0 Å². The second-order valence-electron chi connectivity index (χ2n) is 6.21. The number of likely N-dealkylation sites (tertiary alicyclic amines) is 1. The van der Waals surface area contributed by atoms with Crippen LogP contribution in [0.3, 0.4) is 0 Å². The minimum Gasteiger partial charge on any atom is -0.459 e. The lowest BCUT2D eigenvalue weighted by molar-refractivity contribution is -0.130. The van der Waals surface area contributed by atoms with E-state index in [1.54, 1.807) is 19.1 Å². The Morgan fingerprint density at radius 2 is 2.00 bits per heavy atom. The van der Waals surface area contributed by atoms with Gasteiger partial charge in [-0.2, -0.15) is 0 Å². The number of para-hydroxylation sites is 1. The highest BCUT2D eigenvalue weighted by atomic mass is 16.3. The first-order valence-electron chi connectivity index (χ1n) is 8.02. The Hall–Kier alpha value is -2.14. The molecule has 2 heterocycles. The van der Waals surface area contributed by atoms with Crippen molar-refractivity contribution in [2.75, 3.05) is 20.1 Å². The molecule has 23 heavy (non-hydrogen) atoms. The SMILES string of the molecule is CC(=O)N(C)C1CCN(Cc2cc(=O)c3ccccc3o2)CC1. The van der Waals surface area contributed by atoms with Crippen molar-refractivity contribution in [3.63, 3.8) is 0 Å². The molecule has 0 bridgehead atoms. The number of amides is 1. The normalized spacial score (nSPS) is 16.6. The Morgan fingerprint density at radius 3 is 2.70 bits per heavy atom. The number of carbonyl (C=O) groups excluding carboxylic acids is 1. The molecule has 5 nitrogen and oxygen atoms in total. The fourth-order valence-corrected chi connectivity index (χ4v) is 3.17. The molecule has 1 aliphatic rings. The van der Waals surface area contributed by atoms with Crippen molar-refractivity contribution in [3.8, 4) is 0 Å². The summed E-state index contributed by atoms with van der Waals surface area (Å²) in [7, 11) is 1.87. The van der Waals surface area contributed by atoms with Crippen LogP contribution in [0.2, 0.25) is 0 Å². The highest BCUT2D eigenvalue weighted by Gasteiger charge is 2.24. The number of benzene rings is 1. The third-order valence-corrected chi connectivity index (χ3v) is 4.67. The fraction of sp³-hybridized carbons (Fsp3) is 0.444. The Bertz CT molecular complexity index is 760. The average molecular weight is 314 g/mol. The molecular weight excluding hydrogens is 292 g/mol. The van der Waals surface area contributed by atoms with Gasteiger partial charge in [-0.25, -0.2) is 0 Å². The Balaban J connectivity index is 1.67. The van der Waals surface area contributed by atoms with Crippen molar-refractivity contribution in [1.82, 2.24) is 9.80 Å². The van der Waals surface area contributed by atoms with Crippen LogP contribution in [0.5, 0.6) is 0 Å². The van der Waals surface area contributed by atoms with Crippen LogP contribution in [0.1, 0.15) is 25.5 Å². The van der Waals surface area contributed by atoms with Crippen LogP contribution in [-0.4, -0.2) is 41.9 Å². The quantitative estimate of drug-likeness (QED) is 0.872. The number of hydrogen-bond donors (Lipinski definition) is 0. The summed E-state index contributed by atoms with van der Waals surface area (Å²) in [6.45, 7) is 4.05. The fourth-order valence-electron chi connectivity index (χ4n) is 3.17. The lowest BCUT2D eigenvalue weighted by Gasteiger charge is -2.36. The van der Waals surface area contributed by atoms with Gasteiger partial charge in [0.1, 0.15) is 11.3 Å². The standard InChI is InChI=1S/C18H22N2O3/c1-13(21)19(2)14-7-9-20(10-8-14)12-15-11-17(22)16-5-3-4-6-18(16)23-15/h3-6,11,14H,7-10,12H2,1-2H3. The van der Waals surface area contributed by atoms with Gasteiger partial charge >= 0.3 is 0 Å². The summed E-state index contributed by atoms with van der Waals surface area (Å²) >= 11 is 0. The van der Waals surface area contributed by atoms with E-state index in [0.29, 0.717) is 29.3 Å². The monoisotopic (exact) mass is 314 g/mol. The van der Waals surface area contributed by atoms with Gasteiger partial charge in [-0.05, 0) is 25.0 Å². The van der Waals surface area contributed by atoms with Crippen molar-refractivity contribution in [1.29, 1.82) is 0 Å². The third-order valence-electron chi connectivity index (χ3n) is 4.67. The van der Waals surface area contributed by atoms with E-state index in [1.165, 1.54) is 0 Å². The topological polar surface area (TPSA) is 53.8 Å². The van der Waals surface area contributed by atoms with Crippen molar-refractivity contribution < 1.29 is 9.21 Å². The largest absolute Gasteiger partial charge is 0.459 e. The molecule has 1 aromatic carbocycles. The van der Waals surface area contributed by atoms with Crippen LogP contribution in [0.4, 0.5) is 0 Å². The molecule has 1 fully saturated rings. The van der Waals surface area contributed by atoms with Gasteiger partial charge in [0.05, 0.1) is 11.9 Å². The van der Waals surface area contributed by atoms with Gasteiger partial charge < -0.3 is 9.32 Å². The van der Waals surface area contributed by atoms with E-state index in [-0.39, 0.29) is 11.3 Å². The lowest BCUT2D eigenvalue weighted by Crippen LogP contribution is -2.44. The zero-order valence-electron chi connectivity index (χ0n) is 13.6. The van der Waals surface area contributed by atoms with Crippen molar-refractivity contribution in [2.24, 2.45) is 0 Å². The summed E-state index contributed by atoms with van der Waals surface area (Å²) in [4.78, 5) is 27.7.